The molecule has 0 saturated heterocycles. The second-order valence-electron chi connectivity index (χ2n) is 4.61. The fraction of sp³-hybridized carbons (Fsp3) is 0.267. The summed E-state index contributed by atoms with van der Waals surface area (Å²) in [5.74, 6) is -0.0565. The van der Waals surface area contributed by atoms with Crippen molar-refractivity contribution in [2.75, 3.05) is 7.05 Å². The highest BCUT2D eigenvalue weighted by Gasteiger charge is 2.20. The first-order valence-corrected chi connectivity index (χ1v) is 7.06. The van der Waals surface area contributed by atoms with E-state index < -0.39 is 6.04 Å². The summed E-state index contributed by atoms with van der Waals surface area (Å²) in [6.07, 6.45) is 0. The minimum atomic E-state index is -0.591. The lowest BCUT2D eigenvalue weighted by atomic mass is 10.1. The van der Waals surface area contributed by atoms with E-state index in [1.807, 2.05) is 35.7 Å². The van der Waals surface area contributed by atoms with Crippen LogP contribution in [-0.2, 0) is 11.3 Å². The summed E-state index contributed by atoms with van der Waals surface area (Å²) in [5, 5.41) is 2.04. The van der Waals surface area contributed by atoms with Gasteiger partial charge in [0.2, 0.25) is 5.91 Å². The van der Waals surface area contributed by atoms with Gasteiger partial charge in [0.15, 0.2) is 0 Å². The van der Waals surface area contributed by atoms with Crippen molar-refractivity contribution < 1.29 is 4.79 Å². The normalized spacial score (nSPS) is 11.6. The molecule has 5 heteroatoms. The number of carbonyl (C=O) groups is 1. The molecule has 0 radical (unpaired) electrons. The molecule has 0 aliphatic carbocycles. The van der Waals surface area contributed by atoms with Gasteiger partial charge in [-0.15, -0.1) is 23.7 Å². The van der Waals surface area contributed by atoms with E-state index in [2.05, 4.69) is 13.0 Å². The zero-order valence-corrected chi connectivity index (χ0v) is 13.2. The lowest BCUT2D eigenvalue weighted by Crippen LogP contribution is -2.35. The van der Waals surface area contributed by atoms with Gasteiger partial charge in [-0.05, 0) is 29.5 Å². The molecule has 2 aromatic rings. The van der Waals surface area contributed by atoms with Gasteiger partial charge in [0, 0.05) is 11.9 Å². The Bertz CT molecular complexity index is 556. The van der Waals surface area contributed by atoms with E-state index in [0.717, 1.165) is 5.56 Å². The van der Waals surface area contributed by atoms with E-state index in [1.165, 1.54) is 10.4 Å². The number of rotatable bonds is 4. The molecule has 20 heavy (non-hydrogen) atoms. The van der Waals surface area contributed by atoms with Gasteiger partial charge in [-0.1, -0.05) is 30.3 Å². The number of likely N-dealkylation sites (N-methyl/N-ethyl adjacent to an activating group) is 1. The van der Waals surface area contributed by atoms with E-state index in [9.17, 15) is 4.79 Å². The minimum Gasteiger partial charge on any atom is -0.339 e. The van der Waals surface area contributed by atoms with E-state index in [1.54, 1.807) is 23.3 Å². The fourth-order valence-electron chi connectivity index (χ4n) is 1.90. The summed E-state index contributed by atoms with van der Waals surface area (Å²) in [6.45, 7) is 2.67. The molecule has 108 valence electrons. The van der Waals surface area contributed by atoms with Gasteiger partial charge < -0.3 is 10.6 Å². The molecular weight excluding hydrogens is 292 g/mol. The standard InChI is InChI=1S/C15H18N2OS.ClH/c1-11-8-9-19-13(11)10-17(2)15(18)14(16)12-6-4-3-5-7-12;/h3-9,14H,10,16H2,1-2H3;1H. The van der Waals surface area contributed by atoms with Crippen LogP contribution in [0.4, 0.5) is 0 Å². The van der Waals surface area contributed by atoms with Crippen molar-refractivity contribution in [3.8, 4) is 0 Å². The molecule has 1 aromatic carbocycles. The maximum Gasteiger partial charge on any atom is 0.244 e. The van der Waals surface area contributed by atoms with Crippen LogP contribution in [0.5, 0.6) is 0 Å². The number of hydrogen-bond donors (Lipinski definition) is 1. The summed E-state index contributed by atoms with van der Waals surface area (Å²) < 4.78 is 0. The Kier molecular flexibility index (Phi) is 6.20. The molecule has 0 saturated carbocycles. The Morgan fingerprint density at radius 3 is 2.50 bits per heavy atom. The Hall–Kier alpha value is -1.36. The largest absolute Gasteiger partial charge is 0.339 e. The number of carbonyl (C=O) groups excluding carboxylic acids is 1. The number of benzene rings is 1. The highest BCUT2D eigenvalue weighted by atomic mass is 35.5. The third-order valence-electron chi connectivity index (χ3n) is 3.15. The quantitative estimate of drug-likeness (QED) is 0.943. The molecule has 0 aliphatic rings. The minimum absolute atomic E-state index is 0. The second-order valence-corrected chi connectivity index (χ2v) is 5.61. The molecular formula is C15H19ClN2OS. The van der Waals surface area contributed by atoms with Gasteiger partial charge in [0.25, 0.3) is 0 Å². The Balaban J connectivity index is 0.00000200. The van der Waals surface area contributed by atoms with Crippen LogP contribution in [0.15, 0.2) is 41.8 Å². The predicted molar refractivity (Wildman–Crippen MR) is 86.1 cm³/mol. The van der Waals surface area contributed by atoms with Crippen molar-refractivity contribution in [3.05, 3.63) is 57.8 Å². The van der Waals surface area contributed by atoms with E-state index >= 15 is 0 Å². The number of halogens is 1. The van der Waals surface area contributed by atoms with Crippen LogP contribution >= 0.6 is 23.7 Å². The molecule has 0 fully saturated rings. The van der Waals surface area contributed by atoms with Crippen molar-refractivity contribution in [1.82, 2.24) is 4.90 Å². The van der Waals surface area contributed by atoms with Crippen molar-refractivity contribution in [1.29, 1.82) is 0 Å². The average Bonchev–Trinajstić information content (AvgIpc) is 2.83. The van der Waals surface area contributed by atoms with Crippen LogP contribution in [0.1, 0.15) is 22.0 Å². The second kappa shape index (κ2) is 7.43. The SMILES string of the molecule is Cc1ccsc1CN(C)C(=O)C(N)c1ccccc1.Cl. The number of nitrogens with zero attached hydrogens (tertiary/aromatic N) is 1. The van der Waals surface area contributed by atoms with E-state index in [4.69, 9.17) is 5.73 Å². The molecule has 1 aromatic heterocycles. The fourth-order valence-corrected chi connectivity index (χ4v) is 2.86. The molecule has 2 rings (SSSR count). The molecule has 1 amide bonds. The van der Waals surface area contributed by atoms with E-state index in [0.29, 0.717) is 6.54 Å². The molecule has 0 bridgehead atoms. The van der Waals surface area contributed by atoms with Crippen LogP contribution in [0.2, 0.25) is 0 Å². The van der Waals surface area contributed by atoms with Crippen LogP contribution in [0.25, 0.3) is 0 Å². The Morgan fingerprint density at radius 1 is 1.30 bits per heavy atom. The monoisotopic (exact) mass is 310 g/mol. The maximum absolute atomic E-state index is 12.3. The Morgan fingerprint density at radius 2 is 1.95 bits per heavy atom. The van der Waals surface area contributed by atoms with Crippen LogP contribution in [-0.4, -0.2) is 17.9 Å². The van der Waals surface area contributed by atoms with Crippen molar-refractivity contribution >= 4 is 29.7 Å². The van der Waals surface area contributed by atoms with Crippen LogP contribution < -0.4 is 5.73 Å². The first kappa shape index (κ1) is 16.7. The molecule has 1 unspecified atom stereocenters. The van der Waals surface area contributed by atoms with Crippen LogP contribution in [0, 0.1) is 6.92 Å². The summed E-state index contributed by atoms with van der Waals surface area (Å²) >= 11 is 1.67. The third-order valence-corrected chi connectivity index (χ3v) is 4.16. The average molecular weight is 311 g/mol. The number of thiophene rings is 1. The highest BCUT2D eigenvalue weighted by Crippen LogP contribution is 2.19. The molecule has 1 atom stereocenters. The van der Waals surface area contributed by atoms with Gasteiger partial charge in [0.1, 0.15) is 6.04 Å². The topological polar surface area (TPSA) is 46.3 Å². The predicted octanol–water partition coefficient (Wildman–Crippen LogP) is 3.14. The molecule has 2 N–H and O–H groups in total. The van der Waals surface area contributed by atoms with E-state index in [-0.39, 0.29) is 18.3 Å². The number of nitrogens with two attached hydrogens (primary N) is 1. The number of aryl methyl sites for hydroxylation is 1. The lowest BCUT2D eigenvalue weighted by molar-refractivity contribution is -0.131. The maximum atomic E-state index is 12.3. The van der Waals surface area contributed by atoms with Gasteiger partial charge in [-0.3, -0.25) is 4.79 Å². The van der Waals surface area contributed by atoms with Crippen molar-refractivity contribution in [3.63, 3.8) is 0 Å². The lowest BCUT2D eigenvalue weighted by Gasteiger charge is -2.21. The van der Waals surface area contributed by atoms with Crippen LogP contribution in [0.3, 0.4) is 0 Å². The molecule has 1 heterocycles. The molecule has 0 spiro atoms. The van der Waals surface area contributed by atoms with Gasteiger partial charge in [-0.25, -0.2) is 0 Å². The van der Waals surface area contributed by atoms with Crippen molar-refractivity contribution in [2.24, 2.45) is 5.73 Å². The zero-order valence-electron chi connectivity index (χ0n) is 11.6. The van der Waals surface area contributed by atoms with Gasteiger partial charge in [-0.2, -0.15) is 0 Å². The summed E-state index contributed by atoms with van der Waals surface area (Å²) in [5.41, 5.74) is 8.09. The smallest absolute Gasteiger partial charge is 0.244 e. The van der Waals surface area contributed by atoms with Gasteiger partial charge in [0.05, 0.1) is 6.54 Å². The first-order valence-electron chi connectivity index (χ1n) is 6.18. The van der Waals surface area contributed by atoms with Gasteiger partial charge >= 0.3 is 0 Å². The third kappa shape index (κ3) is 3.82. The summed E-state index contributed by atoms with van der Waals surface area (Å²) in [6, 6.07) is 10.9. The Labute approximate surface area is 129 Å². The first-order chi connectivity index (χ1) is 9.09. The molecule has 0 aliphatic heterocycles. The number of hydrogen-bond acceptors (Lipinski definition) is 3. The van der Waals surface area contributed by atoms with Crippen molar-refractivity contribution in [2.45, 2.75) is 19.5 Å². The summed E-state index contributed by atoms with van der Waals surface area (Å²) in [7, 11) is 1.80. The highest BCUT2D eigenvalue weighted by molar-refractivity contribution is 7.10. The summed E-state index contributed by atoms with van der Waals surface area (Å²) in [4.78, 5) is 15.2. The zero-order chi connectivity index (χ0) is 13.8. The number of amides is 1. The molecule has 3 nitrogen and oxygen atoms in total.